The molecule has 282 valence electrons. The molecule has 2 fully saturated rings. The molecular weight excluding hydrogens is 693 g/mol. The van der Waals surface area contributed by atoms with Gasteiger partial charge in [0.15, 0.2) is 5.96 Å². The Labute approximate surface area is 300 Å². The van der Waals surface area contributed by atoms with Gasteiger partial charge in [0.25, 0.3) is 0 Å². The SMILES string of the molecule is CSCC[C@H](NC(=O)[C@H](CCSC)NC(=O)[C@@H]1CCCN1C(=O)CN)C(=O)N[C@@H](CCCNC(=N)N)C(=O)NCC(=O)N1CCC[C@H]1C(=O)O. The van der Waals surface area contributed by atoms with E-state index in [1.807, 2.05) is 12.5 Å². The van der Waals surface area contributed by atoms with E-state index >= 15 is 0 Å². The van der Waals surface area contributed by atoms with Crippen molar-refractivity contribution in [1.82, 2.24) is 36.4 Å². The maximum atomic E-state index is 13.7. The summed E-state index contributed by atoms with van der Waals surface area (Å²) in [6.45, 7) is 0.156. The summed E-state index contributed by atoms with van der Waals surface area (Å²) < 4.78 is 0. The summed E-state index contributed by atoms with van der Waals surface area (Å²) in [7, 11) is 0. The normalized spacial score (nSPS) is 18.8. The van der Waals surface area contributed by atoms with Crippen LogP contribution in [0.15, 0.2) is 0 Å². The van der Waals surface area contributed by atoms with Gasteiger partial charge in [0.2, 0.25) is 35.4 Å². The molecule has 50 heavy (non-hydrogen) atoms. The summed E-state index contributed by atoms with van der Waals surface area (Å²) in [6.07, 6.45) is 6.42. The first-order chi connectivity index (χ1) is 23.8. The van der Waals surface area contributed by atoms with Gasteiger partial charge in [0, 0.05) is 19.6 Å². The highest BCUT2D eigenvalue weighted by Crippen LogP contribution is 2.19. The molecule has 0 radical (unpaired) electrons. The molecule has 0 bridgehead atoms. The third-order valence-electron chi connectivity index (χ3n) is 8.43. The van der Waals surface area contributed by atoms with Gasteiger partial charge in [-0.2, -0.15) is 23.5 Å². The van der Waals surface area contributed by atoms with E-state index in [1.165, 1.54) is 33.3 Å². The van der Waals surface area contributed by atoms with E-state index in [-0.39, 0.29) is 50.8 Å². The largest absolute Gasteiger partial charge is 0.480 e. The third-order valence-corrected chi connectivity index (χ3v) is 9.72. The van der Waals surface area contributed by atoms with Gasteiger partial charge in [-0.05, 0) is 75.4 Å². The number of nitrogens with two attached hydrogens (primary N) is 2. The molecule has 0 spiro atoms. The first-order valence-electron chi connectivity index (χ1n) is 16.6. The van der Waals surface area contributed by atoms with Crippen LogP contribution in [0.25, 0.3) is 0 Å². The summed E-state index contributed by atoms with van der Waals surface area (Å²) in [5, 5.41) is 30.1. The first kappa shape index (κ1) is 42.4. The van der Waals surface area contributed by atoms with Crippen LogP contribution in [0.2, 0.25) is 0 Å². The lowest BCUT2D eigenvalue weighted by Gasteiger charge is -2.28. The number of guanidine groups is 1. The van der Waals surface area contributed by atoms with Crippen LogP contribution in [0, 0.1) is 5.41 Å². The number of thioether (sulfide) groups is 2. The number of nitrogens with zero attached hydrogens (tertiary/aromatic N) is 2. The van der Waals surface area contributed by atoms with Crippen molar-refractivity contribution < 1.29 is 38.7 Å². The van der Waals surface area contributed by atoms with Crippen molar-refractivity contribution in [3.63, 3.8) is 0 Å². The summed E-state index contributed by atoms with van der Waals surface area (Å²) in [5.74, 6) is -3.74. The summed E-state index contributed by atoms with van der Waals surface area (Å²) >= 11 is 2.92. The van der Waals surface area contributed by atoms with E-state index in [2.05, 4.69) is 26.6 Å². The molecule has 5 atom stereocenters. The predicted molar refractivity (Wildman–Crippen MR) is 190 cm³/mol. The van der Waals surface area contributed by atoms with E-state index in [0.717, 1.165) is 0 Å². The number of hydrogen-bond acceptors (Lipinski definition) is 11. The van der Waals surface area contributed by atoms with Gasteiger partial charge < -0.3 is 53.0 Å². The van der Waals surface area contributed by atoms with Gasteiger partial charge in [0.1, 0.15) is 30.2 Å². The standard InChI is InChI=1S/C30H52N10O8S2/c1-49-14-9-19(37-27(45)20(10-15-50-2)38-28(46)21-7-4-12-39(21)23(41)16-31)26(44)36-18(6-3-11-34-30(32)33)25(43)35-17-24(42)40-13-5-8-22(40)29(47)48/h18-22H,3-17,31H2,1-2H3,(H,35,43)(H,36,44)(H,37,45)(H,38,46)(H,47,48)(H4,32,33,34)/t18-,19-,20-,21-,22-/m0/s1. The molecule has 2 heterocycles. The number of carbonyl (C=O) groups is 7. The highest BCUT2D eigenvalue weighted by molar-refractivity contribution is 7.98. The highest BCUT2D eigenvalue weighted by atomic mass is 32.2. The molecule has 20 heteroatoms. The number of nitrogens with one attached hydrogen (secondary N) is 6. The van der Waals surface area contributed by atoms with E-state index in [9.17, 15) is 38.7 Å². The summed E-state index contributed by atoms with van der Waals surface area (Å²) in [5.41, 5.74) is 10.9. The molecule has 2 aliphatic rings. The van der Waals surface area contributed by atoms with Crippen LogP contribution >= 0.6 is 23.5 Å². The van der Waals surface area contributed by atoms with Crippen LogP contribution in [0.4, 0.5) is 0 Å². The maximum absolute atomic E-state index is 13.7. The molecule has 6 amide bonds. The molecule has 0 aliphatic carbocycles. The molecule has 2 rings (SSSR count). The molecule has 18 nitrogen and oxygen atoms in total. The van der Waals surface area contributed by atoms with Crippen molar-refractivity contribution in [2.45, 2.75) is 81.6 Å². The number of carbonyl (C=O) groups excluding carboxylic acids is 6. The Hall–Kier alpha value is -3.78. The Bertz CT molecular complexity index is 1230. The van der Waals surface area contributed by atoms with Gasteiger partial charge in [0.05, 0.1) is 13.1 Å². The van der Waals surface area contributed by atoms with Crippen molar-refractivity contribution >= 4 is 70.9 Å². The highest BCUT2D eigenvalue weighted by Gasteiger charge is 2.37. The van der Waals surface area contributed by atoms with Crippen molar-refractivity contribution in [3.05, 3.63) is 0 Å². The van der Waals surface area contributed by atoms with Gasteiger partial charge in [-0.1, -0.05) is 0 Å². The summed E-state index contributed by atoms with van der Waals surface area (Å²) in [6, 6.07) is -4.96. The Kier molecular flexibility index (Phi) is 18.8. The minimum Gasteiger partial charge on any atom is -0.480 e. The lowest BCUT2D eigenvalue weighted by atomic mass is 10.1. The molecule has 11 N–H and O–H groups in total. The Balaban J connectivity index is 2.16. The quantitative estimate of drug-likeness (QED) is 0.0330. The van der Waals surface area contributed by atoms with E-state index in [1.54, 1.807) is 0 Å². The Morgan fingerprint density at radius 2 is 1.30 bits per heavy atom. The van der Waals surface area contributed by atoms with Gasteiger partial charge >= 0.3 is 5.97 Å². The van der Waals surface area contributed by atoms with Crippen LogP contribution in [0.5, 0.6) is 0 Å². The first-order valence-corrected chi connectivity index (χ1v) is 19.4. The predicted octanol–water partition coefficient (Wildman–Crippen LogP) is -2.65. The van der Waals surface area contributed by atoms with Crippen LogP contribution in [-0.4, -0.2) is 149 Å². The molecule has 2 aliphatic heterocycles. The van der Waals surface area contributed by atoms with Crippen LogP contribution in [0.3, 0.4) is 0 Å². The minimum atomic E-state index is -1.15. The lowest BCUT2D eigenvalue weighted by Crippen LogP contribution is -2.58. The lowest BCUT2D eigenvalue weighted by molar-refractivity contribution is -0.148. The van der Waals surface area contributed by atoms with E-state index in [4.69, 9.17) is 16.9 Å². The number of hydrogen-bond donors (Lipinski definition) is 9. The second kappa shape index (κ2) is 22.1. The molecule has 0 aromatic carbocycles. The van der Waals surface area contributed by atoms with Gasteiger partial charge in [-0.3, -0.25) is 34.2 Å². The second-order valence-corrected chi connectivity index (χ2v) is 14.0. The zero-order valence-corrected chi connectivity index (χ0v) is 30.3. The number of likely N-dealkylation sites (tertiary alicyclic amines) is 2. The number of carboxylic acid groups (broad SMARTS) is 1. The van der Waals surface area contributed by atoms with Crippen molar-refractivity contribution in [3.8, 4) is 0 Å². The smallest absolute Gasteiger partial charge is 0.326 e. The number of aliphatic carboxylic acids is 1. The fraction of sp³-hybridized carbons (Fsp3) is 0.733. The summed E-state index contributed by atoms with van der Waals surface area (Å²) in [4.78, 5) is 92.9. The van der Waals surface area contributed by atoms with Crippen LogP contribution in [0.1, 0.15) is 51.4 Å². The van der Waals surface area contributed by atoms with Crippen LogP contribution in [-0.2, 0) is 33.6 Å². The van der Waals surface area contributed by atoms with Gasteiger partial charge in [-0.25, -0.2) is 4.79 Å². The average molecular weight is 745 g/mol. The minimum absolute atomic E-state index is 0.0858. The number of amides is 6. The molecule has 0 unspecified atom stereocenters. The average Bonchev–Trinajstić information content (AvgIpc) is 3.79. The number of carboxylic acids is 1. The van der Waals surface area contributed by atoms with Gasteiger partial charge in [-0.15, -0.1) is 0 Å². The fourth-order valence-corrected chi connectivity index (χ4v) is 6.73. The second-order valence-electron chi connectivity index (χ2n) is 12.0. The fourth-order valence-electron chi connectivity index (χ4n) is 5.78. The zero-order chi connectivity index (χ0) is 37.2. The Morgan fingerprint density at radius 3 is 1.82 bits per heavy atom. The van der Waals surface area contributed by atoms with Crippen molar-refractivity contribution in [2.24, 2.45) is 11.5 Å². The zero-order valence-electron chi connectivity index (χ0n) is 28.7. The third kappa shape index (κ3) is 13.5. The van der Waals surface area contributed by atoms with Crippen LogP contribution < -0.4 is 38.1 Å². The van der Waals surface area contributed by atoms with Crippen molar-refractivity contribution in [2.75, 3.05) is 56.7 Å². The van der Waals surface area contributed by atoms with Crippen molar-refractivity contribution in [1.29, 1.82) is 5.41 Å². The number of rotatable bonds is 21. The van der Waals surface area contributed by atoms with E-state index in [0.29, 0.717) is 50.2 Å². The van der Waals surface area contributed by atoms with E-state index < -0.39 is 72.3 Å². The maximum Gasteiger partial charge on any atom is 0.326 e. The molecule has 0 saturated carbocycles. The molecule has 0 aromatic heterocycles. The topological polar surface area (TPSA) is 282 Å². The monoisotopic (exact) mass is 744 g/mol. The molecule has 2 saturated heterocycles. The molecular formula is C30H52N10O8S2. The molecule has 0 aromatic rings. The Morgan fingerprint density at radius 1 is 0.780 bits per heavy atom.